The van der Waals surface area contributed by atoms with Gasteiger partial charge in [-0.05, 0) is 0 Å². The molecule has 0 aliphatic carbocycles. The van der Waals surface area contributed by atoms with Crippen molar-refractivity contribution in [2.24, 2.45) is 0 Å². The first-order valence-corrected chi connectivity index (χ1v) is 4.92. The van der Waals surface area contributed by atoms with E-state index in [4.69, 9.17) is 5.11 Å². The summed E-state index contributed by atoms with van der Waals surface area (Å²) in [5, 5.41) is 8.27. The first-order valence-electron chi connectivity index (χ1n) is 2.66. The predicted octanol–water partition coefficient (Wildman–Crippen LogP) is 1.59. The fraction of sp³-hybridized carbons (Fsp3) is 0.800. The summed E-state index contributed by atoms with van der Waals surface area (Å²) in [4.78, 5) is 9.45. The zero-order chi connectivity index (χ0) is 6.57. The molecule has 0 amide bonds. The summed E-state index contributed by atoms with van der Waals surface area (Å²) in [6.45, 7) is 4.02. The average Bonchev–Trinajstić information content (AvgIpc) is 1.65. The maximum absolute atomic E-state index is 10.0. The van der Waals surface area contributed by atoms with E-state index in [1.54, 1.807) is 0 Å². The minimum absolute atomic E-state index is 0.451. The molecule has 1 unspecified atom stereocenters. The van der Waals surface area contributed by atoms with Crippen LogP contribution in [0.3, 0.4) is 0 Å². The van der Waals surface area contributed by atoms with Crippen LogP contribution in [0.25, 0.3) is 0 Å². The van der Waals surface area contributed by atoms with Gasteiger partial charge in [-0.3, -0.25) is 0 Å². The van der Waals surface area contributed by atoms with E-state index in [1.807, 2.05) is 13.8 Å². The van der Waals surface area contributed by atoms with Crippen molar-refractivity contribution in [3.63, 3.8) is 0 Å². The van der Waals surface area contributed by atoms with Gasteiger partial charge in [-0.2, -0.15) is 0 Å². The van der Waals surface area contributed by atoms with Crippen molar-refractivity contribution in [1.29, 1.82) is 0 Å². The van der Waals surface area contributed by atoms with Gasteiger partial charge in [-0.25, -0.2) is 0 Å². The SMILES string of the molecule is CC[CH](C)[Ge][C](=O)O. The zero-order valence-corrected chi connectivity index (χ0v) is 7.24. The van der Waals surface area contributed by atoms with Gasteiger partial charge in [0.2, 0.25) is 0 Å². The maximum atomic E-state index is 10.0. The van der Waals surface area contributed by atoms with Gasteiger partial charge < -0.3 is 0 Å². The first-order chi connectivity index (χ1) is 3.66. The van der Waals surface area contributed by atoms with Crippen molar-refractivity contribution in [3.05, 3.63) is 0 Å². The third kappa shape index (κ3) is 4.18. The molecule has 1 atom stereocenters. The fourth-order valence-corrected chi connectivity index (χ4v) is 1.63. The van der Waals surface area contributed by atoms with E-state index >= 15 is 0 Å². The topological polar surface area (TPSA) is 37.3 Å². The molecule has 0 aromatic heterocycles. The van der Waals surface area contributed by atoms with Crippen molar-refractivity contribution >= 4 is 20.2 Å². The second-order valence-corrected chi connectivity index (χ2v) is 5.33. The van der Waals surface area contributed by atoms with Gasteiger partial charge >= 0.3 is 55.2 Å². The van der Waals surface area contributed by atoms with Crippen LogP contribution in [-0.4, -0.2) is 25.3 Å². The van der Waals surface area contributed by atoms with E-state index in [9.17, 15) is 4.79 Å². The Bertz CT molecular complexity index is 82.5. The van der Waals surface area contributed by atoms with Crippen LogP contribution < -0.4 is 0 Å². The van der Waals surface area contributed by atoms with Gasteiger partial charge in [-0.15, -0.1) is 0 Å². The summed E-state index contributed by atoms with van der Waals surface area (Å²) in [6, 6.07) is 0. The van der Waals surface area contributed by atoms with Gasteiger partial charge in [-0.1, -0.05) is 0 Å². The Labute approximate surface area is 55.8 Å². The molecule has 0 saturated heterocycles. The van der Waals surface area contributed by atoms with Crippen LogP contribution in [0, 0.1) is 0 Å². The Morgan fingerprint density at radius 2 is 2.38 bits per heavy atom. The van der Waals surface area contributed by atoms with Crippen LogP contribution >= 0.6 is 0 Å². The van der Waals surface area contributed by atoms with E-state index in [2.05, 4.69) is 0 Å². The number of carbonyl (C=O) groups is 1. The van der Waals surface area contributed by atoms with E-state index < -0.39 is 20.2 Å². The van der Waals surface area contributed by atoms with Gasteiger partial charge in [0.25, 0.3) is 0 Å². The second-order valence-electron chi connectivity index (χ2n) is 1.76. The third-order valence-corrected chi connectivity index (χ3v) is 3.39. The molecular formula is C5H10GeO2. The fourth-order valence-electron chi connectivity index (χ4n) is 0.313. The van der Waals surface area contributed by atoms with Crippen molar-refractivity contribution in [3.8, 4) is 0 Å². The molecule has 0 aromatic carbocycles. The third-order valence-electron chi connectivity index (χ3n) is 0.982. The molecule has 0 aromatic rings. The predicted molar refractivity (Wildman–Crippen MR) is 33.5 cm³/mol. The molecule has 0 heterocycles. The second kappa shape index (κ2) is 3.95. The molecule has 0 fully saturated rings. The molecule has 1 N–H and O–H groups in total. The average molecular weight is 175 g/mol. The first kappa shape index (κ1) is 8.01. The number of rotatable bonds is 3. The molecule has 0 spiro atoms. The number of carboxylic acid groups (broad SMARTS) is 1. The summed E-state index contributed by atoms with van der Waals surface area (Å²) >= 11 is -0.701. The molecule has 0 rings (SSSR count). The monoisotopic (exact) mass is 176 g/mol. The molecule has 2 radical (unpaired) electrons. The Hall–Kier alpha value is 0.0129. The van der Waals surface area contributed by atoms with E-state index in [0.717, 1.165) is 6.42 Å². The van der Waals surface area contributed by atoms with Crippen molar-refractivity contribution in [2.45, 2.75) is 25.0 Å². The quantitative estimate of drug-likeness (QED) is 0.660. The molecular weight excluding hydrogens is 165 g/mol. The summed E-state index contributed by atoms with van der Waals surface area (Å²) < 4.78 is 0.451. The van der Waals surface area contributed by atoms with Crippen molar-refractivity contribution < 1.29 is 9.90 Å². The molecule has 0 saturated carbocycles. The summed E-state index contributed by atoms with van der Waals surface area (Å²) in [5.41, 5.74) is 0. The molecule has 0 bridgehead atoms. The van der Waals surface area contributed by atoms with Crippen LogP contribution in [-0.2, 0) is 0 Å². The van der Waals surface area contributed by atoms with Crippen LogP contribution in [0.15, 0.2) is 0 Å². The zero-order valence-electron chi connectivity index (χ0n) is 5.14. The normalized spacial score (nSPS) is 13.2. The van der Waals surface area contributed by atoms with E-state index in [1.165, 1.54) is 0 Å². The van der Waals surface area contributed by atoms with Crippen LogP contribution in [0.1, 0.15) is 20.3 Å². The van der Waals surface area contributed by atoms with E-state index in [-0.39, 0.29) is 0 Å². The summed E-state index contributed by atoms with van der Waals surface area (Å²) in [5.74, 6) is 0. The molecule has 0 aliphatic rings. The number of hydrogen-bond donors (Lipinski definition) is 1. The van der Waals surface area contributed by atoms with Gasteiger partial charge in [0.05, 0.1) is 0 Å². The Balaban J connectivity index is 3.24. The van der Waals surface area contributed by atoms with Crippen molar-refractivity contribution in [1.82, 2.24) is 0 Å². The van der Waals surface area contributed by atoms with E-state index in [0.29, 0.717) is 4.75 Å². The minimum atomic E-state index is -0.701. The molecule has 0 aliphatic heterocycles. The molecule has 3 heteroatoms. The van der Waals surface area contributed by atoms with Crippen LogP contribution in [0.4, 0.5) is 4.79 Å². The Morgan fingerprint density at radius 1 is 1.88 bits per heavy atom. The molecule has 46 valence electrons. The van der Waals surface area contributed by atoms with Crippen LogP contribution in [0.2, 0.25) is 4.75 Å². The van der Waals surface area contributed by atoms with Gasteiger partial charge in [0.1, 0.15) is 0 Å². The van der Waals surface area contributed by atoms with Gasteiger partial charge in [0, 0.05) is 0 Å². The Kier molecular flexibility index (Phi) is 3.96. The summed E-state index contributed by atoms with van der Waals surface area (Å²) in [6.07, 6.45) is 1.01. The Morgan fingerprint density at radius 3 is 2.50 bits per heavy atom. The standard InChI is InChI=1S/C5H10GeO2/c1-3-4(2)6-5(7)8/h4H,3H2,1-2H3,(H,7,8). The van der Waals surface area contributed by atoms with Gasteiger partial charge in [0.15, 0.2) is 0 Å². The molecule has 8 heavy (non-hydrogen) atoms. The molecule has 2 nitrogen and oxygen atoms in total. The van der Waals surface area contributed by atoms with Crippen molar-refractivity contribution in [2.75, 3.05) is 0 Å². The summed E-state index contributed by atoms with van der Waals surface area (Å²) in [7, 11) is 0. The van der Waals surface area contributed by atoms with Crippen LogP contribution in [0.5, 0.6) is 0 Å². The number of hydrogen-bond acceptors (Lipinski definition) is 1.